The Labute approximate surface area is 191 Å². The Kier molecular flexibility index (Phi) is 6.86. The van der Waals surface area contributed by atoms with Crippen molar-refractivity contribution in [1.29, 1.82) is 5.26 Å². The molecule has 1 aromatic heterocycles. The third kappa shape index (κ3) is 5.45. The Balaban J connectivity index is 1.80. The van der Waals surface area contributed by atoms with Crippen LogP contribution >= 0.6 is 7.60 Å². The van der Waals surface area contributed by atoms with E-state index in [1.165, 1.54) is 32.4 Å². The number of fused-ring (bicyclic) bond motifs is 1. The standard InChI is InChI=1S/C19H16F3N2O8PS/c1-29-16-5-12-6-18(31-15(12)8-17(16)30-2)34(27,28)24-10-33(25,26)32-13-4-3-11(9-23)14(7-13)19(20,21)22/h3-8,24H,10H2,1-2H3,(H,25,26). The molecular weight excluding hydrogens is 504 g/mol. The maximum atomic E-state index is 13.1. The number of rotatable bonds is 8. The van der Waals surface area contributed by atoms with Crippen LogP contribution in [-0.2, 0) is 20.8 Å². The second kappa shape index (κ2) is 9.19. The van der Waals surface area contributed by atoms with E-state index in [1.807, 2.05) is 4.72 Å². The molecule has 0 radical (unpaired) electrons. The Morgan fingerprint density at radius 3 is 2.38 bits per heavy atom. The zero-order valence-corrected chi connectivity index (χ0v) is 19.1. The number of nitrogens with zero attached hydrogens (tertiary/aromatic N) is 1. The lowest BCUT2D eigenvalue weighted by molar-refractivity contribution is -0.137. The average Bonchev–Trinajstić information content (AvgIpc) is 3.20. The van der Waals surface area contributed by atoms with Crippen LogP contribution in [0.2, 0.25) is 0 Å². The van der Waals surface area contributed by atoms with Crippen LogP contribution in [0.1, 0.15) is 11.1 Å². The summed E-state index contributed by atoms with van der Waals surface area (Å²) in [5.74, 6) is -0.101. The number of halogens is 3. The summed E-state index contributed by atoms with van der Waals surface area (Å²) in [6.45, 7) is 0. The molecule has 1 atom stereocenters. The van der Waals surface area contributed by atoms with Gasteiger partial charge < -0.3 is 23.3 Å². The number of methoxy groups -OCH3 is 2. The molecule has 1 unspecified atom stereocenters. The highest BCUT2D eigenvalue weighted by molar-refractivity contribution is 7.89. The van der Waals surface area contributed by atoms with Crippen molar-refractivity contribution >= 4 is 28.6 Å². The quantitative estimate of drug-likeness (QED) is 0.423. The molecular formula is C19H16F3N2O8PS. The summed E-state index contributed by atoms with van der Waals surface area (Å²) < 4.78 is 98.6. The highest BCUT2D eigenvalue weighted by Crippen LogP contribution is 2.44. The molecule has 182 valence electrons. The van der Waals surface area contributed by atoms with Gasteiger partial charge in [-0.05, 0) is 24.3 Å². The maximum Gasteiger partial charge on any atom is 0.417 e. The lowest BCUT2D eigenvalue weighted by Gasteiger charge is -2.16. The summed E-state index contributed by atoms with van der Waals surface area (Å²) in [4.78, 5) is 9.97. The third-order valence-corrected chi connectivity index (χ3v) is 6.91. The number of benzene rings is 2. The van der Waals surface area contributed by atoms with E-state index in [-0.39, 0.29) is 11.3 Å². The van der Waals surface area contributed by atoms with Crippen molar-refractivity contribution in [3.05, 3.63) is 47.5 Å². The molecule has 3 rings (SSSR count). The van der Waals surface area contributed by atoms with E-state index in [1.54, 1.807) is 0 Å². The molecule has 34 heavy (non-hydrogen) atoms. The van der Waals surface area contributed by atoms with Gasteiger partial charge in [0.2, 0.25) is 5.09 Å². The van der Waals surface area contributed by atoms with E-state index in [9.17, 15) is 31.0 Å². The highest BCUT2D eigenvalue weighted by atomic mass is 32.2. The Hall–Kier alpha value is -3.24. The van der Waals surface area contributed by atoms with Crippen molar-refractivity contribution < 1.29 is 49.5 Å². The predicted molar refractivity (Wildman–Crippen MR) is 111 cm³/mol. The minimum Gasteiger partial charge on any atom is -0.493 e. The Morgan fingerprint density at radius 2 is 1.79 bits per heavy atom. The molecule has 0 aliphatic heterocycles. The van der Waals surface area contributed by atoms with E-state index in [2.05, 4.69) is 0 Å². The van der Waals surface area contributed by atoms with Crippen LogP contribution < -0.4 is 18.7 Å². The summed E-state index contributed by atoms with van der Waals surface area (Å²) in [5, 5.41) is 8.53. The van der Waals surface area contributed by atoms with Crippen molar-refractivity contribution in [3.63, 3.8) is 0 Å². The number of hydrogen-bond acceptors (Lipinski definition) is 8. The van der Waals surface area contributed by atoms with E-state index in [0.29, 0.717) is 17.2 Å². The van der Waals surface area contributed by atoms with Crippen molar-refractivity contribution in [2.45, 2.75) is 11.3 Å². The number of sulfonamides is 1. The van der Waals surface area contributed by atoms with Gasteiger partial charge in [0.15, 0.2) is 11.5 Å². The fourth-order valence-corrected chi connectivity index (χ4v) is 5.29. The van der Waals surface area contributed by atoms with Gasteiger partial charge in [0.05, 0.1) is 31.4 Å². The summed E-state index contributed by atoms with van der Waals surface area (Å²) >= 11 is 0. The van der Waals surface area contributed by atoms with E-state index >= 15 is 0 Å². The van der Waals surface area contributed by atoms with Gasteiger partial charge in [-0.15, -0.1) is 0 Å². The van der Waals surface area contributed by atoms with Gasteiger partial charge >= 0.3 is 13.8 Å². The first-order valence-electron chi connectivity index (χ1n) is 9.07. The first-order chi connectivity index (χ1) is 15.8. The van der Waals surface area contributed by atoms with Crippen LogP contribution in [0.25, 0.3) is 11.0 Å². The molecule has 0 aliphatic rings. The zero-order valence-electron chi connectivity index (χ0n) is 17.4. The molecule has 3 aromatic rings. The first kappa shape index (κ1) is 25.4. The summed E-state index contributed by atoms with van der Waals surface area (Å²) in [7, 11) is -6.52. The summed E-state index contributed by atoms with van der Waals surface area (Å²) in [6, 6.07) is 7.35. The topological polar surface area (TPSA) is 148 Å². The molecule has 0 saturated carbocycles. The lowest BCUT2D eigenvalue weighted by Crippen LogP contribution is -2.25. The number of furan rings is 1. The first-order valence-corrected chi connectivity index (χ1v) is 12.3. The fraction of sp³-hybridized carbons (Fsp3) is 0.211. The van der Waals surface area contributed by atoms with Gasteiger partial charge in [-0.2, -0.15) is 23.2 Å². The van der Waals surface area contributed by atoms with Crippen LogP contribution in [0.3, 0.4) is 0 Å². The molecule has 1 heterocycles. The SMILES string of the molecule is COc1cc2cc(S(=O)(=O)NCP(=O)(O)Oc3ccc(C#N)c(C(F)(F)F)c3)oc2cc1OC. The second-order valence-electron chi connectivity index (χ2n) is 6.66. The van der Waals surface area contributed by atoms with Gasteiger partial charge in [0.25, 0.3) is 10.0 Å². The van der Waals surface area contributed by atoms with Gasteiger partial charge in [-0.3, -0.25) is 0 Å². The monoisotopic (exact) mass is 520 g/mol. The fourth-order valence-electron chi connectivity index (χ4n) is 2.82. The molecule has 10 nitrogen and oxygen atoms in total. The van der Waals surface area contributed by atoms with Crippen LogP contribution in [0, 0.1) is 11.3 Å². The van der Waals surface area contributed by atoms with Crippen molar-refractivity contribution in [1.82, 2.24) is 4.72 Å². The Bertz CT molecular complexity index is 1390. The largest absolute Gasteiger partial charge is 0.493 e. The maximum absolute atomic E-state index is 13.1. The molecule has 0 amide bonds. The zero-order chi connectivity index (χ0) is 25.3. The average molecular weight is 520 g/mol. The molecule has 15 heteroatoms. The molecule has 2 N–H and O–H groups in total. The van der Waals surface area contributed by atoms with Crippen LogP contribution in [0.5, 0.6) is 17.2 Å². The molecule has 0 saturated heterocycles. The van der Waals surface area contributed by atoms with Gasteiger partial charge in [-0.25, -0.2) is 13.0 Å². The van der Waals surface area contributed by atoms with Crippen LogP contribution in [-0.4, -0.2) is 33.8 Å². The van der Waals surface area contributed by atoms with Gasteiger partial charge in [-0.1, -0.05) is 0 Å². The molecule has 0 bridgehead atoms. The molecule has 2 aromatic carbocycles. The normalized spacial score (nSPS) is 13.8. The minimum atomic E-state index is -4.92. The lowest BCUT2D eigenvalue weighted by atomic mass is 10.1. The smallest absolute Gasteiger partial charge is 0.417 e. The van der Waals surface area contributed by atoms with Crippen molar-refractivity contribution in [3.8, 4) is 23.3 Å². The van der Waals surface area contributed by atoms with Gasteiger partial charge in [0, 0.05) is 17.5 Å². The van der Waals surface area contributed by atoms with Crippen LogP contribution in [0.15, 0.2) is 45.9 Å². The van der Waals surface area contributed by atoms with E-state index in [4.69, 9.17) is 23.7 Å². The third-order valence-electron chi connectivity index (χ3n) is 4.38. The predicted octanol–water partition coefficient (Wildman–Crippen LogP) is 3.84. The minimum absolute atomic E-state index is 0.124. The molecule has 0 aliphatic carbocycles. The number of ether oxygens (including phenoxy) is 2. The summed E-state index contributed by atoms with van der Waals surface area (Å²) in [6.07, 6.45) is -6.10. The number of nitrogens with one attached hydrogen (secondary N) is 1. The van der Waals surface area contributed by atoms with Gasteiger partial charge in [0.1, 0.15) is 17.6 Å². The number of hydrogen-bond donors (Lipinski definition) is 2. The number of alkyl halides is 3. The number of nitriles is 1. The second-order valence-corrected chi connectivity index (χ2v) is 10.1. The van der Waals surface area contributed by atoms with E-state index in [0.717, 1.165) is 18.2 Å². The molecule has 0 fully saturated rings. The Morgan fingerprint density at radius 1 is 1.15 bits per heavy atom. The van der Waals surface area contributed by atoms with Crippen molar-refractivity contribution in [2.75, 3.05) is 20.5 Å². The van der Waals surface area contributed by atoms with Crippen molar-refractivity contribution in [2.24, 2.45) is 0 Å². The molecule has 0 spiro atoms. The highest BCUT2D eigenvalue weighted by Gasteiger charge is 2.35. The van der Waals surface area contributed by atoms with E-state index < -0.39 is 52.0 Å². The summed E-state index contributed by atoms with van der Waals surface area (Å²) in [5.41, 5.74) is -1.97. The van der Waals surface area contributed by atoms with Crippen LogP contribution in [0.4, 0.5) is 13.2 Å².